The second-order valence-electron chi connectivity index (χ2n) is 7.33. The number of aryl methyl sites for hydroxylation is 1. The molecule has 1 fully saturated rings. The van der Waals surface area contributed by atoms with Gasteiger partial charge in [-0.05, 0) is 23.6 Å². The Bertz CT molecular complexity index is 795. The van der Waals surface area contributed by atoms with Gasteiger partial charge in [0.15, 0.2) is 0 Å². The van der Waals surface area contributed by atoms with E-state index in [0.717, 1.165) is 17.9 Å². The van der Waals surface area contributed by atoms with Gasteiger partial charge in [0, 0.05) is 50.6 Å². The standard InChI is InChI=1S/C21H28N4O2/c1-4-19-22-9-11-24(19)12-10-23-21(27)17-13-20(26)25(14-17)18-7-5-16(6-8-18)15(2)3/h5-9,11,15,17H,4,10,12-14H2,1-3H3,(H,23,27). The van der Waals surface area contributed by atoms with Crippen LogP contribution in [0.3, 0.4) is 0 Å². The third-order valence-electron chi connectivity index (χ3n) is 5.14. The van der Waals surface area contributed by atoms with E-state index < -0.39 is 0 Å². The molecule has 1 saturated heterocycles. The molecule has 1 aliphatic heterocycles. The van der Waals surface area contributed by atoms with Gasteiger partial charge in [-0.15, -0.1) is 0 Å². The van der Waals surface area contributed by atoms with E-state index in [1.807, 2.05) is 22.9 Å². The van der Waals surface area contributed by atoms with Crippen molar-refractivity contribution in [1.82, 2.24) is 14.9 Å². The normalized spacial score (nSPS) is 17.0. The molecule has 2 heterocycles. The molecule has 1 aliphatic rings. The summed E-state index contributed by atoms with van der Waals surface area (Å²) < 4.78 is 2.04. The van der Waals surface area contributed by atoms with Gasteiger partial charge in [0.05, 0.1) is 5.92 Å². The number of imidazole rings is 1. The van der Waals surface area contributed by atoms with E-state index in [2.05, 4.69) is 43.2 Å². The molecule has 27 heavy (non-hydrogen) atoms. The predicted octanol–water partition coefficient (Wildman–Crippen LogP) is 2.74. The lowest BCUT2D eigenvalue weighted by atomic mass is 10.0. The number of benzene rings is 1. The minimum Gasteiger partial charge on any atom is -0.354 e. The van der Waals surface area contributed by atoms with E-state index in [0.29, 0.717) is 25.6 Å². The molecule has 2 aromatic rings. The number of nitrogens with one attached hydrogen (secondary N) is 1. The second-order valence-corrected chi connectivity index (χ2v) is 7.33. The van der Waals surface area contributed by atoms with Crippen molar-refractivity contribution in [2.45, 2.75) is 46.1 Å². The molecule has 1 unspecified atom stereocenters. The third-order valence-corrected chi connectivity index (χ3v) is 5.14. The summed E-state index contributed by atoms with van der Waals surface area (Å²) in [5.74, 6) is 1.13. The van der Waals surface area contributed by atoms with Crippen LogP contribution in [-0.2, 0) is 22.6 Å². The van der Waals surface area contributed by atoms with Crippen LogP contribution in [0.2, 0.25) is 0 Å². The van der Waals surface area contributed by atoms with Crippen molar-refractivity contribution in [3.05, 3.63) is 48.0 Å². The average molecular weight is 368 g/mol. The first-order valence-corrected chi connectivity index (χ1v) is 9.67. The SMILES string of the molecule is CCc1nccn1CCNC(=O)C1CC(=O)N(c2ccc(C(C)C)cc2)C1. The Labute approximate surface area is 160 Å². The van der Waals surface area contributed by atoms with E-state index in [4.69, 9.17) is 0 Å². The topological polar surface area (TPSA) is 67.2 Å². The summed E-state index contributed by atoms with van der Waals surface area (Å²) in [7, 11) is 0. The van der Waals surface area contributed by atoms with Gasteiger partial charge in [-0.3, -0.25) is 9.59 Å². The van der Waals surface area contributed by atoms with Gasteiger partial charge in [-0.1, -0.05) is 32.9 Å². The average Bonchev–Trinajstić information content (AvgIpc) is 3.28. The van der Waals surface area contributed by atoms with Crippen molar-refractivity contribution in [2.75, 3.05) is 18.0 Å². The van der Waals surface area contributed by atoms with Gasteiger partial charge in [0.1, 0.15) is 5.82 Å². The highest BCUT2D eigenvalue weighted by Gasteiger charge is 2.34. The molecule has 1 aromatic heterocycles. The molecule has 0 spiro atoms. The molecule has 1 N–H and O–H groups in total. The molecule has 2 amide bonds. The molecule has 0 saturated carbocycles. The Morgan fingerprint density at radius 1 is 1.30 bits per heavy atom. The fourth-order valence-electron chi connectivity index (χ4n) is 3.47. The van der Waals surface area contributed by atoms with Crippen LogP contribution >= 0.6 is 0 Å². The summed E-state index contributed by atoms with van der Waals surface area (Å²) in [6.07, 6.45) is 4.83. The Balaban J connectivity index is 1.54. The number of hydrogen-bond donors (Lipinski definition) is 1. The third kappa shape index (κ3) is 4.38. The first kappa shape index (κ1) is 19.1. The van der Waals surface area contributed by atoms with Crippen molar-refractivity contribution in [1.29, 1.82) is 0 Å². The van der Waals surface area contributed by atoms with Crippen LogP contribution in [0.5, 0.6) is 0 Å². The smallest absolute Gasteiger partial charge is 0.227 e. The fourth-order valence-corrected chi connectivity index (χ4v) is 3.47. The Morgan fingerprint density at radius 2 is 2.04 bits per heavy atom. The van der Waals surface area contributed by atoms with Gasteiger partial charge in [-0.25, -0.2) is 4.98 Å². The van der Waals surface area contributed by atoms with Crippen molar-refractivity contribution >= 4 is 17.5 Å². The van der Waals surface area contributed by atoms with Gasteiger partial charge in [-0.2, -0.15) is 0 Å². The van der Waals surface area contributed by atoms with Crippen LogP contribution in [0, 0.1) is 5.92 Å². The van der Waals surface area contributed by atoms with E-state index in [-0.39, 0.29) is 24.2 Å². The highest BCUT2D eigenvalue weighted by Crippen LogP contribution is 2.26. The number of rotatable bonds is 7. The minimum absolute atomic E-state index is 0.00956. The zero-order valence-corrected chi connectivity index (χ0v) is 16.3. The molecule has 0 bridgehead atoms. The molecule has 3 rings (SSSR count). The van der Waals surface area contributed by atoms with Gasteiger partial charge < -0.3 is 14.8 Å². The zero-order chi connectivity index (χ0) is 19.4. The monoisotopic (exact) mass is 368 g/mol. The fraction of sp³-hybridized carbons (Fsp3) is 0.476. The number of hydrogen-bond acceptors (Lipinski definition) is 3. The number of carbonyl (C=O) groups excluding carboxylic acids is 2. The van der Waals surface area contributed by atoms with Crippen LogP contribution in [0.4, 0.5) is 5.69 Å². The van der Waals surface area contributed by atoms with E-state index in [1.54, 1.807) is 11.1 Å². The molecule has 6 heteroatoms. The lowest BCUT2D eigenvalue weighted by Crippen LogP contribution is -2.34. The van der Waals surface area contributed by atoms with E-state index in [1.165, 1.54) is 5.56 Å². The summed E-state index contributed by atoms with van der Waals surface area (Å²) >= 11 is 0. The zero-order valence-electron chi connectivity index (χ0n) is 16.3. The molecule has 1 atom stereocenters. The number of anilines is 1. The van der Waals surface area contributed by atoms with Crippen LogP contribution in [0.15, 0.2) is 36.7 Å². The number of aromatic nitrogens is 2. The molecule has 0 aliphatic carbocycles. The first-order chi connectivity index (χ1) is 13.0. The highest BCUT2D eigenvalue weighted by atomic mass is 16.2. The van der Waals surface area contributed by atoms with Crippen LogP contribution in [-0.4, -0.2) is 34.5 Å². The lowest BCUT2D eigenvalue weighted by molar-refractivity contribution is -0.126. The predicted molar refractivity (Wildman–Crippen MR) is 106 cm³/mol. The minimum atomic E-state index is -0.296. The summed E-state index contributed by atoms with van der Waals surface area (Å²) in [4.78, 5) is 30.9. The van der Waals surface area contributed by atoms with Crippen molar-refractivity contribution < 1.29 is 9.59 Å². The summed E-state index contributed by atoms with van der Waals surface area (Å²) in [6, 6.07) is 8.05. The lowest BCUT2D eigenvalue weighted by Gasteiger charge is -2.18. The number of nitrogens with zero attached hydrogens (tertiary/aromatic N) is 3. The van der Waals surface area contributed by atoms with E-state index >= 15 is 0 Å². The molecule has 1 aromatic carbocycles. The molecular formula is C21H28N4O2. The van der Waals surface area contributed by atoms with Gasteiger partial charge >= 0.3 is 0 Å². The van der Waals surface area contributed by atoms with Crippen molar-refractivity contribution in [3.63, 3.8) is 0 Å². The molecule has 0 radical (unpaired) electrons. The van der Waals surface area contributed by atoms with Crippen LogP contribution in [0.1, 0.15) is 44.5 Å². The van der Waals surface area contributed by atoms with Gasteiger partial charge in [0.2, 0.25) is 11.8 Å². The molecule has 6 nitrogen and oxygen atoms in total. The second kappa shape index (κ2) is 8.37. The van der Waals surface area contributed by atoms with Gasteiger partial charge in [0.25, 0.3) is 0 Å². The van der Waals surface area contributed by atoms with Crippen LogP contribution < -0.4 is 10.2 Å². The maximum Gasteiger partial charge on any atom is 0.227 e. The summed E-state index contributed by atoms with van der Waals surface area (Å²) in [5.41, 5.74) is 2.11. The van der Waals surface area contributed by atoms with E-state index in [9.17, 15) is 9.59 Å². The first-order valence-electron chi connectivity index (χ1n) is 9.67. The molecular weight excluding hydrogens is 340 g/mol. The molecule has 144 valence electrons. The maximum atomic E-state index is 12.5. The summed E-state index contributed by atoms with van der Waals surface area (Å²) in [6.45, 7) is 8.01. The van der Waals surface area contributed by atoms with Crippen LogP contribution in [0.25, 0.3) is 0 Å². The largest absolute Gasteiger partial charge is 0.354 e. The Kier molecular flexibility index (Phi) is 5.94. The Morgan fingerprint density at radius 3 is 2.70 bits per heavy atom. The summed E-state index contributed by atoms with van der Waals surface area (Å²) in [5, 5.41) is 2.96. The quantitative estimate of drug-likeness (QED) is 0.817. The van der Waals surface area contributed by atoms with Crippen molar-refractivity contribution in [3.8, 4) is 0 Å². The highest BCUT2D eigenvalue weighted by molar-refractivity contribution is 6.00. The number of amides is 2. The Hall–Kier alpha value is -2.63. The maximum absolute atomic E-state index is 12.5. The van der Waals surface area contributed by atoms with Crippen molar-refractivity contribution in [2.24, 2.45) is 5.92 Å². The number of carbonyl (C=O) groups is 2.